The molecular formula is C60H81NO15Si2. The summed E-state index contributed by atoms with van der Waals surface area (Å²) >= 11 is 0. The Morgan fingerprint density at radius 1 is 0.756 bits per heavy atom. The van der Waals surface area contributed by atoms with Crippen molar-refractivity contribution in [3.63, 3.8) is 0 Å². The van der Waals surface area contributed by atoms with Gasteiger partial charge in [0.2, 0.25) is 0 Å². The lowest BCUT2D eigenvalue weighted by atomic mass is 9.44. The number of carbonyl (C=O) groups excluding carboxylic acids is 6. The third-order valence-electron chi connectivity index (χ3n) is 18.3. The first-order valence-corrected chi connectivity index (χ1v) is 33.0. The predicted octanol–water partition coefficient (Wildman–Crippen LogP) is 10.4. The molecule has 0 spiro atoms. The fourth-order valence-corrected chi connectivity index (χ4v) is 18.8. The van der Waals surface area contributed by atoms with Gasteiger partial charge in [-0.05, 0) is 98.0 Å². The SMILES string of the molecule is CCOC(=O)O[C@@]12CO[C@@H]1C[C@H](O[Si](CC)(CC)CC)[C@@]1(C)C(=O)[C@H](OC(C)=O)C3=C(C)[C@@H](OC(=O)[C@H](O[Si](CC)(CC)CC)[C@@H](NC(=O)c4ccccc4)c4ccccc4)C[C@@](O)([C@@H](OC(=O)c4ccccc4)C12)C3(C)C. The molecule has 424 valence electrons. The summed E-state index contributed by atoms with van der Waals surface area (Å²) in [6, 6.07) is 28.6. The molecule has 78 heavy (non-hydrogen) atoms. The molecule has 3 aromatic rings. The highest BCUT2D eigenvalue weighted by molar-refractivity contribution is 6.74. The van der Waals surface area contributed by atoms with Gasteiger partial charge in [0, 0.05) is 30.7 Å². The number of carbonyl (C=O) groups is 6. The number of ether oxygens (including phenoxy) is 6. The minimum absolute atomic E-state index is 0.0436. The first-order valence-electron chi connectivity index (χ1n) is 27.9. The van der Waals surface area contributed by atoms with Gasteiger partial charge < -0.3 is 47.7 Å². The maximum absolute atomic E-state index is 16.7. The van der Waals surface area contributed by atoms with Crippen LogP contribution in [-0.4, -0.2) is 119 Å². The first-order chi connectivity index (χ1) is 37.0. The van der Waals surface area contributed by atoms with Gasteiger partial charge in [0.05, 0.1) is 42.3 Å². The van der Waals surface area contributed by atoms with Crippen LogP contribution in [0.1, 0.15) is 128 Å². The quantitative estimate of drug-likeness (QED) is 0.0440. The maximum atomic E-state index is 16.7. The van der Waals surface area contributed by atoms with E-state index in [2.05, 4.69) is 26.1 Å². The van der Waals surface area contributed by atoms with Gasteiger partial charge in [0.1, 0.15) is 23.9 Å². The van der Waals surface area contributed by atoms with Crippen molar-refractivity contribution in [2.24, 2.45) is 16.7 Å². The molecule has 1 aliphatic heterocycles. The van der Waals surface area contributed by atoms with Crippen LogP contribution in [0.4, 0.5) is 4.79 Å². The summed E-state index contributed by atoms with van der Waals surface area (Å²) in [5.74, 6) is -5.17. The Morgan fingerprint density at radius 3 is 1.82 bits per heavy atom. The van der Waals surface area contributed by atoms with Crippen LogP contribution < -0.4 is 5.32 Å². The number of fused-ring (bicyclic) bond motifs is 5. The van der Waals surface area contributed by atoms with Crippen molar-refractivity contribution in [3.05, 3.63) is 119 Å². The Hall–Kier alpha value is -5.51. The second-order valence-electron chi connectivity index (χ2n) is 22.2. The number of benzene rings is 3. The predicted molar refractivity (Wildman–Crippen MR) is 296 cm³/mol. The largest absolute Gasteiger partial charge is 0.509 e. The van der Waals surface area contributed by atoms with Crippen molar-refractivity contribution in [3.8, 4) is 0 Å². The minimum Gasteiger partial charge on any atom is -0.456 e. The van der Waals surface area contributed by atoms with Crippen LogP contribution in [0.15, 0.2) is 102 Å². The van der Waals surface area contributed by atoms with Gasteiger partial charge in [-0.3, -0.25) is 14.4 Å². The first kappa shape index (κ1) is 60.1. The fraction of sp³-hybridized carbons (Fsp3) is 0.567. The van der Waals surface area contributed by atoms with Crippen LogP contribution in [0.25, 0.3) is 0 Å². The Morgan fingerprint density at radius 2 is 1.31 bits per heavy atom. The lowest BCUT2D eigenvalue weighted by molar-refractivity contribution is -0.343. The molecule has 1 amide bonds. The van der Waals surface area contributed by atoms with Crippen LogP contribution in [0, 0.1) is 16.7 Å². The molecule has 11 atom stereocenters. The summed E-state index contributed by atoms with van der Waals surface area (Å²) in [7, 11) is -5.46. The normalized spacial score (nSPS) is 28.2. The summed E-state index contributed by atoms with van der Waals surface area (Å²) in [6.45, 7) is 21.4. The number of nitrogens with one attached hydrogen (secondary N) is 1. The smallest absolute Gasteiger partial charge is 0.456 e. The van der Waals surface area contributed by atoms with Gasteiger partial charge in [-0.25, -0.2) is 14.4 Å². The molecule has 3 fully saturated rings. The molecule has 0 aromatic heterocycles. The van der Waals surface area contributed by atoms with E-state index >= 15 is 9.59 Å². The average molecular weight is 1110 g/mol. The molecule has 2 saturated carbocycles. The van der Waals surface area contributed by atoms with E-state index < -0.39 is 129 Å². The number of amides is 1. The second-order valence-corrected chi connectivity index (χ2v) is 31.7. The van der Waals surface area contributed by atoms with E-state index in [4.69, 9.17) is 37.3 Å². The minimum atomic E-state index is -2.77. The average Bonchev–Trinajstić information content (AvgIpc) is 3.63. The molecule has 1 heterocycles. The van der Waals surface area contributed by atoms with Crippen molar-refractivity contribution >= 4 is 52.4 Å². The summed E-state index contributed by atoms with van der Waals surface area (Å²) < 4.78 is 52.7. The molecule has 7 rings (SSSR count). The van der Waals surface area contributed by atoms with E-state index in [9.17, 15) is 24.3 Å². The van der Waals surface area contributed by atoms with Gasteiger partial charge in [-0.15, -0.1) is 0 Å². The van der Waals surface area contributed by atoms with Crippen molar-refractivity contribution in [1.82, 2.24) is 5.32 Å². The van der Waals surface area contributed by atoms with E-state index in [0.29, 0.717) is 53.0 Å². The summed E-state index contributed by atoms with van der Waals surface area (Å²) in [6.07, 6.45) is -9.86. The topological polar surface area (TPSA) is 209 Å². The van der Waals surface area contributed by atoms with Gasteiger partial charge in [-0.2, -0.15) is 0 Å². The third-order valence-corrected chi connectivity index (χ3v) is 27.5. The zero-order chi connectivity index (χ0) is 57.0. The summed E-state index contributed by atoms with van der Waals surface area (Å²) in [5.41, 5.74) is -6.25. The van der Waals surface area contributed by atoms with Crippen molar-refractivity contribution in [1.29, 1.82) is 0 Å². The van der Waals surface area contributed by atoms with Crippen molar-refractivity contribution < 1.29 is 71.1 Å². The number of rotatable bonds is 21. The van der Waals surface area contributed by atoms with Gasteiger partial charge in [-0.1, -0.05) is 122 Å². The Labute approximate surface area is 461 Å². The maximum Gasteiger partial charge on any atom is 0.509 e. The van der Waals surface area contributed by atoms with Crippen LogP contribution in [0.3, 0.4) is 0 Å². The Kier molecular flexibility index (Phi) is 18.6. The highest BCUT2D eigenvalue weighted by Gasteiger charge is 2.79. The van der Waals surface area contributed by atoms with Gasteiger partial charge in [0.25, 0.3) is 5.91 Å². The Bertz CT molecular complexity index is 2660. The molecule has 2 bridgehead atoms. The molecule has 1 unspecified atom stereocenters. The monoisotopic (exact) mass is 1110 g/mol. The molecule has 2 N–H and O–H groups in total. The number of aliphatic hydroxyl groups is 1. The molecule has 0 radical (unpaired) electrons. The fourth-order valence-electron chi connectivity index (χ4n) is 13.0. The van der Waals surface area contributed by atoms with Crippen molar-refractivity contribution in [2.45, 2.75) is 186 Å². The van der Waals surface area contributed by atoms with Crippen LogP contribution in [0.2, 0.25) is 36.3 Å². The summed E-state index contributed by atoms with van der Waals surface area (Å²) in [5, 5.41) is 17.6. The molecule has 18 heteroatoms. The third kappa shape index (κ3) is 10.9. The molecule has 1 saturated heterocycles. The lowest BCUT2D eigenvalue weighted by Gasteiger charge is -2.68. The van der Waals surface area contributed by atoms with E-state index in [1.54, 1.807) is 120 Å². The van der Waals surface area contributed by atoms with Gasteiger partial charge in [0.15, 0.2) is 40.2 Å². The highest BCUT2D eigenvalue weighted by atomic mass is 28.4. The van der Waals surface area contributed by atoms with Crippen molar-refractivity contribution in [2.75, 3.05) is 13.2 Å². The summed E-state index contributed by atoms with van der Waals surface area (Å²) in [4.78, 5) is 89.3. The van der Waals surface area contributed by atoms with Gasteiger partial charge >= 0.3 is 24.1 Å². The van der Waals surface area contributed by atoms with E-state index in [0.717, 1.165) is 0 Å². The number of esters is 3. The molecule has 3 aromatic carbocycles. The Balaban J connectivity index is 1.50. The number of Topliss-reactive ketones (excluding diaryl/α,β-unsaturated/α-hetero) is 1. The second kappa shape index (κ2) is 24.1. The van der Waals surface area contributed by atoms with Crippen LogP contribution >= 0.6 is 0 Å². The molecule has 4 aliphatic rings. The number of hydrogen-bond donors (Lipinski definition) is 2. The lowest BCUT2D eigenvalue weighted by Crippen LogP contribution is -2.82. The molecule has 3 aliphatic carbocycles. The van der Waals surface area contributed by atoms with E-state index in [1.807, 2.05) is 26.8 Å². The van der Waals surface area contributed by atoms with Crippen LogP contribution in [0.5, 0.6) is 0 Å². The van der Waals surface area contributed by atoms with Crippen LogP contribution in [-0.2, 0) is 51.7 Å². The van der Waals surface area contributed by atoms with E-state index in [1.165, 1.54) is 6.92 Å². The number of ketones is 1. The zero-order valence-electron chi connectivity index (χ0n) is 47.5. The number of hydrogen-bond acceptors (Lipinski definition) is 15. The standard InChI is InChI=1S/C60H81NO15Si2/c1-13-69-56(67)74-59-37-70-45(59)35-44(75-77(14-2,15-3)16-4)58(12)50(59)52(73-54(65)42-33-27-22-28-34-42)60(68)36-43(38(8)46(57(60,10)11)48(51(58)63)71-39(9)62)72-55(66)49(76-78(17-5,18-6)19-7)47(40-29-23-20-24-30-40)61-53(64)41-31-25-21-26-32-41/h20-34,43-45,47-50,52,68H,13-19,35-37H2,1-12H3,(H,61,64)/t43-,44-,45+,47-,48+,49+,50?,52-,58+,59-,60+/m0/s1. The molecule has 16 nitrogen and oxygen atoms in total. The van der Waals surface area contributed by atoms with E-state index in [-0.39, 0.29) is 30.8 Å². The highest BCUT2D eigenvalue weighted by Crippen LogP contribution is 2.65. The molecular weight excluding hydrogens is 1030 g/mol. The zero-order valence-corrected chi connectivity index (χ0v) is 49.5.